The maximum absolute atomic E-state index is 15.4. The molecule has 3 N–H and O–H groups in total. The molecule has 6 fully saturated rings. The fraction of sp³-hybridized carbons (Fsp3) is 0.824. The van der Waals surface area contributed by atoms with Gasteiger partial charge in [-0.15, -0.1) is 11.6 Å². The molecule has 3 heterocycles. The lowest BCUT2D eigenvalue weighted by atomic mass is 9.78. The van der Waals surface area contributed by atoms with Crippen molar-refractivity contribution >= 4 is 82.5 Å². The van der Waals surface area contributed by atoms with Gasteiger partial charge in [0.1, 0.15) is 53.9 Å². The van der Waals surface area contributed by atoms with Crippen LogP contribution >= 0.6 is 11.6 Å². The second kappa shape index (κ2) is 34.5. The molecule has 0 aromatic heterocycles. The Morgan fingerprint density at radius 1 is 0.594 bits per heavy atom. The third-order valence-electron chi connectivity index (χ3n) is 22.0. The van der Waals surface area contributed by atoms with E-state index >= 15 is 19.2 Å². The van der Waals surface area contributed by atoms with E-state index in [4.69, 9.17) is 11.6 Å². The lowest BCUT2D eigenvalue weighted by Gasteiger charge is -2.42. The topological polar surface area (TPSA) is 270 Å². The Labute approximate surface area is 570 Å². The van der Waals surface area contributed by atoms with Crippen LogP contribution in [0.2, 0.25) is 0 Å². The van der Waals surface area contributed by atoms with E-state index in [1.165, 1.54) is 87.7 Å². The SMILES string of the molecule is CC[C@H](C)[C@@H]1NC(=O)[C@H](C)N(C)C(=O)C[C@@H](C(=O)N2CCCCC2)N(C)C(=O)[C@H](C(C)C)N(C)C(=O)C2(CCCC2)NC(=O)[C@@H]2CCCN2C(=O)[C@H](CCC2CCC(C(F)(F)F)C(Cl)C2)NC(=O)[C@@H](C)N(C)C(=O)[C@H](CC2CCCCC2)N(C)C(=O)CN(C)C(=O)CN(C)C1=O. The van der Waals surface area contributed by atoms with Gasteiger partial charge in [-0.25, -0.2) is 0 Å². The highest BCUT2D eigenvalue weighted by Crippen LogP contribution is 2.44. The Bertz CT molecular complexity index is 2800. The summed E-state index contributed by atoms with van der Waals surface area (Å²) in [5.74, 6) is -10.9. The number of nitrogens with zero attached hydrogens (tertiary/aromatic N) is 9. The van der Waals surface area contributed by atoms with Gasteiger partial charge in [0.15, 0.2) is 0 Å². The predicted octanol–water partition coefficient (Wildman–Crippen LogP) is 4.92. The molecule has 96 heavy (non-hydrogen) atoms. The molecule has 0 aromatic rings. The van der Waals surface area contributed by atoms with E-state index in [0.717, 1.165) is 53.2 Å². The number of amides is 12. The average Bonchev–Trinajstić information content (AvgIpc) is 1.45. The number of likely N-dealkylation sites (tertiary alicyclic amines) is 1. The Morgan fingerprint density at radius 2 is 1.19 bits per heavy atom. The molecule has 3 unspecified atom stereocenters. The van der Waals surface area contributed by atoms with E-state index < -0.39 is 174 Å². The summed E-state index contributed by atoms with van der Waals surface area (Å²) in [6.07, 6.45) is 4.08. The summed E-state index contributed by atoms with van der Waals surface area (Å²) >= 11 is 6.40. The molecule has 24 nitrogen and oxygen atoms in total. The van der Waals surface area contributed by atoms with Gasteiger partial charge in [-0.05, 0) is 121 Å². The van der Waals surface area contributed by atoms with Gasteiger partial charge >= 0.3 is 6.18 Å². The fourth-order valence-corrected chi connectivity index (χ4v) is 15.6. The van der Waals surface area contributed by atoms with Crippen LogP contribution in [0.15, 0.2) is 0 Å². The molecule has 1 spiro atoms. The highest BCUT2D eigenvalue weighted by Gasteiger charge is 2.52. The first-order valence-corrected chi connectivity index (χ1v) is 35.5. The van der Waals surface area contributed by atoms with Gasteiger partial charge in [-0.2, -0.15) is 13.2 Å². The minimum absolute atomic E-state index is 0.00397. The number of carbonyl (C=O) groups is 12. The smallest absolute Gasteiger partial charge is 0.343 e. The summed E-state index contributed by atoms with van der Waals surface area (Å²) in [5.41, 5.74) is -1.56. The van der Waals surface area contributed by atoms with E-state index in [9.17, 15) is 51.5 Å². The standard InChI is InChI=1S/C68H110ClF3N12O12/c1-14-42(4)56-64(94)77(8)39-54(86)76(7)40-55(87)80(11)51(37-45-24-17-15-18-25-45)62(92)79(10)44(6)58(88)73-49(30-28-46-27-29-47(48(69)36-46)68(70,71)72)61(91)84-35-23-26-50(84)60(90)75-67(31-19-20-32-67)66(96)82(13)57(41(2)3)65(95)81(12)52(63(93)83-33-21-16-22-34-83)38-53(85)78(9)43(5)59(89)74-56/h41-52,56-57H,14-40H2,1-13H3,(H,73,88)(H,74,89)(H,75,90)/t42-,43-,44+,46?,47?,48?,49-,50-,51-,52-,56-,57-/m0/s1. The minimum Gasteiger partial charge on any atom is -0.343 e. The van der Waals surface area contributed by atoms with Crippen LogP contribution in [0.25, 0.3) is 0 Å². The van der Waals surface area contributed by atoms with E-state index in [-0.39, 0.29) is 76.2 Å². The number of carbonyl (C=O) groups excluding carboxylic acids is 12. The first-order valence-electron chi connectivity index (χ1n) is 35.1. The lowest BCUT2D eigenvalue weighted by Crippen LogP contribution is -2.65. The molecule has 3 saturated heterocycles. The quantitative estimate of drug-likeness (QED) is 0.260. The Hall–Kier alpha value is -6.28. The Balaban J connectivity index is 1.39. The molecule has 3 aliphatic carbocycles. The van der Waals surface area contributed by atoms with Crippen molar-refractivity contribution in [3.63, 3.8) is 0 Å². The maximum Gasteiger partial charge on any atom is 0.393 e. The van der Waals surface area contributed by atoms with Gasteiger partial charge in [0, 0.05) is 74.3 Å². The van der Waals surface area contributed by atoms with Crippen LogP contribution in [0.4, 0.5) is 13.2 Å². The zero-order chi connectivity index (χ0) is 71.4. The van der Waals surface area contributed by atoms with Crippen molar-refractivity contribution < 1.29 is 70.7 Å². The Kier molecular flexibility index (Phi) is 28.3. The highest BCUT2D eigenvalue weighted by atomic mass is 35.5. The average molecular weight is 1380 g/mol. The van der Waals surface area contributed by atoms with Crippen LogP contribution in [0.3, 0.4) is 0 Å². The second-order valence-corrected chi connectivity index (χ2v) is 29.6. The molecule has 0 bridgehead atoms. The molecule has 12 amide bonds. The van der Waals surface area contributed by atoms with Crippen molar-refractivity contribution in [1.29, 1.82) is 0 Å². The molecule has 0 radical (unpaired) electrons. The highest BCUT2D eigenvalue weighted by molar-refractivity contribution is 6.21. The van der Waals surface area contributed by atoms with Crippen LogP contribution in [0.1, 0.15) is 183 Å². The van der Waals surface area contributed by atoms with E-state index in [1.54, 1.807) is 25.7 Å². The molecular weight excluding hydrogens is 1270 g/mol. The summed E-state index contributed by atoms with van der Waals surface area (Å²) in [5, 5.41) is 7.47. The largest absolute Gasteiger partial charge is 0.393 e. The first kappa shape index (κ1) is 78.7. The third kappa shape index (κ3) is 19.1. The van der Waals surface area contributed by atoms with Crippen LogP contribution < -0.4 is 16.0 Å². The number of rotatable bonds is 9. The van der Waals surface area contributed by atoms with Crippen LogP contribution in [-0.2, 0) is 57.5 Å². The number of hydrogen-bond donors (Lipinski definition) is 3. The van der Waals surface area contributed by atoms with Crippen molar-refractivity contribution in [2.75, 3.05) is 82.1 Å². The predicted molar refractivity (Wildman–Crippen MR) is 354 cm³/mol. The molecule has 6 rings (SSSR count). The molecule has 0 aromatic carbocycles. The van der Waals surface area contributed by atoms with Gasteiger partial charge in [0.05, 0.1) is 25.4 Å². The molecule has 28 heteroatoms. The fourth-order valence-electron chi connectivity index (χ4n) is 15.1. The Morgan fingerprint density at radius 3 is 1.78 bits per heavy atom. The van der Waals surface area contributed by atoms with Gasteiger partial charge in [0.2, 0.25) is 70.9 Å². The van der Waals surface area contributed by atoms with Crippen molar-refractivity contribution in [2.45, 2.75) is 248 Å². The summed E-state index contributed by atoms with van der Waals surface area (Å²) in [4.78, 5) is 188. The molecule has 6 aliphatic rings. The maximum atomic E-state index is 15.4. The molecule has 3 saturated carbocycles. The van der Waals surface area contributed by atoms with Gasteiger partial charge in [-0.3, -0.25) is 57.5 Å². The number of alkyl halides is 4. The number of fused-ring (bicyclic) bond motifs is 1. The number of piperidine rings is 1. The van der Waals surface area contributed by atoms with Crippen molar-refractivity contribution in [3.05, 3.63) is 0 Å². The molecular formula is C68H110ClF3N12O12. The summed E-state index contributed by atoms with van der Waals surface area (Å²) in [7, 11) is 9.84. The normalized spacial score (nSPS) is 30.5. The minimum atomic E-state index is -4.51. The monoisotopic (exact) mass is 1380 g/mol. The van der Waals surface area contributed by atoms with Gasteiger partial charge in [0.25, 0.3) is 0 Å². The summed E-state index contributed by atoms with van der Waals surface area (Å²) in [6.45, 7) is 9.71. The number of hydrogen-bond acceptors (Lipinski definition) is 12. The van der Waals surface area contributed by atoms with Crippen LogP contribution in [0, 0.1) is 29.6 Å². The van der Waals surface area contributed by atoms with Crippen LogP contribution in [0.5, 0.6) is 0 Å². The molecule has 12 atom stereocenters. The number of likely N-dealkylation sites (N-methyl/N-ethyl adjacent to an activating group) is 7. The van der Waals surface area contributed by atoms with E-state index in [1.807, 2.05) is 6.92 Å². The first-order chi connectivity index (χ1) is 45.1. The number of halogens is 4. The van der Waals surface area contributed by atoms with E-state index in [2.05, 4.69) is 16.0 Å². The van der Waals surface area contributed by atoms with E-state index in [0.29, 0.717) is 51.6 Å². The number of nitrogens with one attached hydrogen (secondary N) is 3. The van der Waals surface area contributed by atoms with Crippen LogP contribution in [-0.4, -0.2) is 262 Å². The zero-order valence-electron chi connectivity index (χ0n) is 59.1. The molecule has 542 valence electrons. The lowest BCUT2D eigenvalue weighted by molar-refractivity contribution is -0.182. The molecule has 3 aliphatic heterocycles. The van der Waals surface area contributed by atoms with Crippen molar-refractivity contribution in [2.24, 2.45) is 29.6 Å². The third-order valence-corrected chi connectivity index (χ3v) is 22.5. The van der Waals surface area contributed by atoms with Crippen molar-refractivity contribution in [3.8, 4) is 0 Å². The second-order valence-electron chi connectivity index (χ2n) is 29.0. The van der Waals surface area contributed by atoms with Crippen molar-refractivity contribution in [1.82, 2.24) is 60.0 Å². The van der Waals surface area contributed by atoms with Gasteiger partial charge < -0.3 is 60.0 Å². The zero-order valence-corrected chi connectivity index (χ0v) is 59.9. The van der Waals surface area contributed by atoms with Gasteiger partial charge in [-0.1, -0.05) is 79.1 Å². The summed E-state index contributed by atoms with van der Waals surface area (Å²) in [6, 6.07) is -9.98. The summed E-state index contributed by atoms with van der Waals surface area (Å²) < 4.78 is 42.0.